The van der Waals surface area contributed by atoms with Crippen molar-refractivity contribution in [2.75, 3.05) is 0 Å². The molecular weight excluding hydrogens is 314 g/mol. The Labute approximate surface area is 138 Å². The number of H-pyrrole nitrogens is 1. The number of hydrogen-bond donors (Lipinski definition) is 2. The van der Waals surface area contributed by atoms with Crippen LogP contribution in [0.1, 0.15) is 23.2 Å². The van der Waals surface area contributed by atoms with E-state index < -0.39 is 0 Å². The second-order valence-electron chi connectivity index (χ2n) is 5.30. The molecule has 0 saturated carbocycles. The summed E-state index contributed by atoms with van der Waals surface area (Å²) in [5.41, 5.74) is 1.82. The van der Waals surface area contributed by atoms with Gasteiger partial charge in [-0.2, -0.15) is 5.10 Å². The van der Waals surface area contributed by atoms with Gasteiger partial charge in [0.15, 0.2) is 0 Å². The zero-order valence-corrected chi connectivity index (χ0v) is 13.3. The van der Waals surface area contributed by atoms with Crippen molar-refractivity contribution in [3.8, 4) is 11.3 Å². The lowest BCUT2D eigenvalue weighted by Crippen LogP contribution is -2.34. The number of aromatic nitrogens is 2. The van der Waals surface area contributed by atoms with Gasteiger partial charge in [0.05, 0.1) is 17.0 Å². The summed E-state index contributed by atoms with van der Waals surface area (Å²) < 4.78 is 5.28. The van der Waals surface area contributed by atoms with Gasteiger partial charge in [-0.1, -0.05) is 29.8 Å². The molecule has 0 aliphatic heterocycles. The maximum atomic E-state index is 12.3. The average molecular weight is 330 g/mol. The van der Waals surface area contributed by atoms with Crippen molar-refractivity contribution < 1.29 is 9.21 Å². The number of amides is 1. The molecule has 0 bridgehead atoms. The first-order valence-corrected chi connectivity index (χ1v) is 7.65. The third-order valence-corrected chi connectivity index (χ3v) is 3.77. The van der Waals surface area contributed by atoms with E-state index in [9.17, 15) is 4.79 Å². The topological polar surface area (TPSA) is 70.9 Å². The van der Waals surface area contributed by atoms with Gasteiger partial charge in [0.25, 0.3) is 5.91 Å². The maximum absolute atomic E-state index is 12.3. The molecule has 0 fully saturated rings. The van der Waals surface area contributed by atoms with Crippen molar-refractivity contribution in [1.82, 2.24) is 15.5 Å². The molecule has 3 aromatic rings. The fourth-order valence-corrected chi connectivity index (χ4v) is 2.56. The summed E-state index contributed by atoms with van der Waals surface area (Å²) in [6, 6.07) is 12.7. The number of benzene rings is 1. The van der Waals surface area contributed by atoms with Crippen LogP contribution in [0.5, 0.6) is 0 Å². The van der Waals surface area contributed by atoms with Crippen LogP contribution in [0.25, 0.3) is 11.3 Å². The van der Waals surface area contributed by atoms with Crippen molar-refractivity contribution >= 4 is 17.5 Å². The fourth-order valence-electron chi connectivity index (χ4n) is 2.33. The van der Waals surface area contributed by atoms with E-state index in [4.69, 9.17) is 16.0 Å². The molecule has 1 atom stereocenters. The van der Waals surface area contributed by atoms with E-state index in [-0.39, 0.29) is 11.9 Å². The molecule has 0 aliphatic carbocycles. The monoisotopic (exact) mass is 329 g/mol. The van der Waals surface area contributed by atoms with Crippen LogP contribution < -0.4 is 5.32 Å². The zero-order valence-electron chi connectivity index (χ0n) is 12.5. The Balaban J connectivity index is 1.68. The highest BCUT2D eigenvalue weighted by atomic mass is 35.5. The molecule has 3 rings (SSSR count). The van der Waals surface area contributed by atoms with Crippen LogP contribution in [0, 0.1) is 0 Å². The Kier molecular flexibility index (Phi) is 4.48. The number of aromatic amines is 1. The van der Waals surface area contributed by atoms with Crippen molar-refractivity contribution in [3.63, 3.8) is 0 Å². The minimum absolute atomic E-state index is 0.0549. The molecule has 2 aromatic heterocycles. The molecule has 0 unspecified atom stereocenters. The van der Waals surface area contributed by atoms with E-state index in [0.29, 0.717) is 22.8 Å². The summed E-state index contributed by atoms with van der Waals surface area (Å²) >= 11 is 6.15. The molecule has 23 heavy (non-hydrogen) atoms. The van der Waals surface area contributed by atoms with E-state index >= 15 is 0 Å². The summed E-state index contributed by atoms with van der Waals surface area (Å²) in [6.07, 6.45) is 2.25. The van der Waals surface area contributed by atoms with Gasteiger partial charge in [0.2, 0.25) is 0 Å². The number of nitrogens with zero attached hydrogens (tertiary/aromatic N) is 1. The van der Waals surface area contributed by atoms with Crippen LogP contribution in [0.3, 0.4) is 0 Å². The van der Waals surface area contributed by atoms with Crippen LogP contribution in [0.15, 0.2) is 53.1 Å². The standard InChI is InChI=1S/C17H16ClN3O2/c1-11(9-12-5-4-8-23-12)19-17(22)16-10-15(20-21-16)13-6-2-3-7-14(13)18/h2-8,10-11H,9H2,1H3,(H,19,22)(H,20,21)/t11-/m0/s1. The fraction of sp³-hybridized carbons (Fsp3) is 0.176. The van der Waals surface area contributed by atoms with E-state index in [1.54, 1.807) is 18.4 Å². The van der Waals surface area contributed by atoms with Crippen molar-refractivity contribution in [2.24, 2.45) is 0 Å². The number of halogens is 1. The maximum Gasteiger partial charge on any atom is 0.269 e. The molecule has 0 radical (unpaired) electrons. The molecule has 0 aliphatic rings. The Hall–Kier alpha value is -2.53. The van der Waals surface area contributed by atoms with E-state index in [1.165, 1.54) is 0 Å². The first-order valence-electron chi connectivity index (χ1n) is 7.27. The zero-order chi connectivity index (χ0) is 16.2. The van der Waals surface area contributed by atoms with Gasteiger partial charge in [-0.3, -0.25) is 9.89 Å². The Bertz CT molecular complexity index is 796. The lowest BCUT2D eigenvalue weighted by Gasteiger charge is -2.11. The molecule has 2 heterocycles. The van der Waals surface area contributed by atoms with E-state index in [0.717, 1.165) is 11.3 Å². The van der Waals surface area contributed by atoms with Crippen LogP contribution in [0.2, 0.25) is 5.02 Å². The highest BCUT2D eigenvalue weighted by Gasteiger charge is 2.15. The molecule has 1 amide bonds. The molecular formula is C17H16ClN3O2. The van der Waals surface area contributed by atoms with Gasteiger partial charge in [-0.05, 0) is 31.2 Å². The lowest BCUT2D eigenvalue weighted by atomic mass is 10.1. The second-order valence-corrected chi connectivity index (χ2v) is 5.71. The number of rotatable bonds is 5. The Morgan fingerprint density at radius 1 is 1.35 bits per heavy atom. The minimum Gasteiger partial charge on any atom is -0.469 e. The highest BCUT2D eigenvalue weighted by Crippen LogP contribution is 2.26. The van der Waals surface area contributed by atoms with Crippen LogP contribution in [-0.4, -0.2) is 22.1 Å². The summed E-state index contributed by atoms with van der Waals surface area (Å²) in [7, 11) is 0. The molecule has 118 valence electrons. The van der Waals surface area contributed by atoms with Crippen LogP contribution >= 0.6 is 11.6 Å². The van der Waals surface area contributed by atoms with Gasteiger partial charge in [0.1, 0.15) is 11.5 Å². The Morgan fingerprint density at radius 2 is 2.17 bits per heavy atom. The largest absolute Gasteiger partial charge is 0.469 e. The number of nitrogens with one attached hydrogen (secondary N) is 2. The normalized spacial score (nSPS) is 12.1. The summed E-state index contributed by atoms with van der Waals surface area (Å²) in [6.45, 7) is 1.92. The third-order valence-electron chi connectivity index (χ3n) is 3.44. The first-order chi connectivity index (χ1) is 11.1. The van der Waals surface area contributed by atoms with E-state index in [2.05, 4.69) is 15.5 Å². The molecule has 0 saturated heterocycles. The third kappa shape index (κ3) is 3.63. The van der Waals surface area contributed by atoms with E-state index in [1.807, 2.05) is 37.3 Å². The molecule has 2 N–H and O–H groups in total. The Morgan fingerprint density at radius 3 is 2.91 bits per heavy atom. The molecule has 0 spiro atoms. The van der Waals surface area contributed by atoms with Crippen LogP contribution in [-0.2, 0) is 6.42 Å². The summed E-state index contributed by atoms with van der Waals surface area (Å²) in [4.78, 5) is 12.3. The number of carbonyl (C=O) groups excluding carboxylic acids is 1. The number of carbonyl (C=O) groups is 1. The van der Waals surface area contributed by atoms with Gasteiger partial charge in [-0.25, -0.2) is 0 Å². The van der Waals surface area contributed by atoms with Crippen molar-refractivity contribution in [1.29, 1.82) is 0 Å². The predicted molar refractivity (Wildman–Crippen MR) is 88.4 cm³/mol. The van der Waals surface area contributed by atoms with Gasteiger partial charge < -0.3 is 9.73 Å². The number of hydrogen-bond acceptors (Lipinski definition) is 3. The molecule has 6 heteroatoms. The molecule has 5 nitrogen and oxygen atoms in total. The predicted octanol–water partition coefficient (Wildman–Crippen LogP) is 3.68. The molecule has 1 aromatic carbocycles. The van der Waals surface area contributed by atoms with Gasteiger partial charge >= 0.3 is 0 Å². The second kappa shape index (κ2) is 6.71. The summed E-state index contributed by atoms with van der Waals surface area (Å²) in [5, 5.41) is 10.4. The van der Waals surface area contributed by atoms with Crippen LogP contribution in [0.4, 0.5) is 0 Å². The van der Waals surface area contributed by atoms with Crippen molar-refractivity contribution in [2.45, 2.75) is 19.4 Å². The minimum atomic E-state index is -0.213. The quantitative estimate of drug-likeness (QED) is 0.750. The smallest absolute Gasteiger partial charge is 0.269 e. The first kappa shape index (κ1) is 15.4. The lowest BCUT2D eigenvalue weighted by molar-refractivity contribution is 0.0934. The highest BCUT2D eigenvalue weighted by molar-refractivity contribution is 6.33. The number of furan rings is 1. The summed E-state index contributed by atoms with van der Waals surface area (Å²) in [5.74, 6) is 0.619. The van der Waals surface area contributed by atoms with Gasteiger partial charge in [0, 0.05) is 18.0 Å². The SMILES string of the molecule is C[C@@H](Cc1ccco1)NC(=O)c1cc(-c2ccccc2Cl)n[nH]1. The van der Waals surface area contributed by atoms with Crippen molar-refractivity contribution in [3.05, 3.63) is 65.2 Å². The average Bonchev–Trinajstić information content (AvgIpc) is 3.19. The van der Waals surface area contributed by atoms with Gasteiger partial charge in [-0.15, -0.1) is 0 Å².